The molecular formula is C19H29N3O4. The minimum Gasteiger partial charge on any atom is -0.454 e. The third-order valence-electron chi connectivity index (χ3n) is 4.57. The summed E-state index contributed by atoms with van der Waals surface area (Å²) in [5.74, 6) is 3.05. The zero-order chi connectivity index (χ0) is 18.0. The second kappa shape index (κ2) is 10.2. The molecule has 0 amide bonds. The van der Waals surface area contributed by atoms with Crippen LogP contribution < -0.4 is 20.1 Å². The van der Waals surface area contributed by atoms with E-state index in [0.29, 0.717) is 19.3 Å². The highest BCUT2D eigenvalue weighted by Gasteiger charge is 2.14. The first kappa shape index (κ1) is 18.8. The van der Waals surface area contributed by atoms with Gasteiger partial charge in [-0.05, 0) is 42.9 Å². The van der Waals surface area contributed by atoms with E-state index in [-0.39, 0.29) is 0 Å². The molecule has 3 rings (SSSR count). The van der Waals surface area contributed by atoms with Crippen LogP contribution in [0, 0.1) is 5.92 Å². The van der Waals surface area contributed by atoms with Crippen molar-refractivity contribution in [1.29, 1.82) is 0 Å². The summed E-state index contributed by atoms with van der Waals surface area (Å²) in [6.07, 6.45) is 3.19. The first-order valence-electron chi connectivity index (χ1n) is 9.33. The van der Waals surface area contributed by atoms with Crippen LogP contribution in [0.15, 0.2) is 23.2 Å². The second-order valence-electron chi connectivity index (χ2n) is 6.52. The first-order chi connectivity index (χ1) is 12.8. The van der Waals surface area contributed by atoms with Crippen molar-refractivity contribution >= 4 is 5.96 Å². The Morgan fingerprint density at radius 1 is 1.19 bits per heavy atom. The summed E-state index contributed by atoms with van der Waals surface area (Å²) in [6.45, 7) is 5.17. The maximum Gasteiger partial charge on any atom is 0.231 e. The highest BCUT2D eigenvalue weighted by molar-refractivity contribution is 5.79. The van der Waals surface area contributed by atoms with Gasteiger partial charge in [-0.2, -0.15) is 0 Å². The van der Waals surface area contributed by atoms with E-state index < -0.39 is 0 Å². The van der Waals surface area contributed by atoms with Crippen LogP contribution in [0.3, 0.4) is 0 Å². The van der Waals surface area contributed by atoms with Crippen molar-refractivity contribution in [3.63, 3.8) is 0 Å². The van der Waals surface area contributed by atoms with E-state index in [1.165, 1.54) is 0 Å². The fourth-order valence-electron chi connectivity index (χ4n) is 3.00. The SMILES string of the molecule is CN=C(NCCCOCC1CCOCC1)NCc1ccc2c(c1)OCO2. The number of hydrogen-bond donors (Lipinski definition) is 2. The van der Waals surface area contributed by atoms with Gasteiger partial charge in [-0.15, -0.1) is 0 Å². The number of guanidine groups is 1. The predicted molar refractivity (Wildman–Crippen MR) is 99.7 cm³/mol. The van der Waals surface area contributed by atoms with E-state index in [4.69, 9.17) is 18.9 Å². The van der Waals surface area contributed by atoms with Crippen molar-refractivity contribution in [3.8, 4) is 11.5 Å². The summed E-state index contributed by atoms with van der Waals surface area (Å²) in [6, 6.07) is 5.95. The molecule has 7 nitrogen and oxygen atoms in total. The molecule has 2 heterocycles. The lowest BCUT2D eigenvalue weighted by atomic mass is 10.0. The molecule has 0 atom stereocenters. The van der Waals surface area contributed by atoms with Crippen molar-refractivity contribution in [1.82, 2.24) is 10.6 Å². The van der Waals surface area contributed by atoms with Crippen molar-refractivity contribution < 1.29 is 18.9 Å². The maximum absolute atomic E-state index is 5.78. The minimum atomic E-state index is 0.298. The Morgan fingerprint density at radius 2 is 2.04 bits per heavy atom. The number of hydrogen-bond acceptors (Lipinski definition) is 5. The number of aliphatic imine (C=N–C) groups is 1. The Morgan fingerprint density at radius 3 is 2.88 bits per heavy atom. The molecule has 144 valence electrons. The third kappa shape index (κ3) is 5.78. The van der Waals surface area contributed by atoms with E-state index in [1.807, 2.05) is 18.2 Å². The summed E-state index contributed by atoms with van der Waals surface area (Å²) >= 11 is 0. The molecule has 0 bridgehead atoms. The summed E-state index contributed by atoms with van der Waals surface area (Å²) in [5.41, 5.74) is 1.12. The zero-order valence-corrected chi connectivity index (χ0v) is 15.5. The molecule has 2 aliphatic rings. The molecule has 26 heavy (non-hydrogen) atoms. The number of nitrogens with zero attached hydrogens (tertiary/aromatic N) is 1. The van der Waals surface area contributed by atoms with Crippen molar-refractivity contribution in [3.05, 3.63) is 23.8 Å². The van der Waals surface area contributed by atoms with E-state index in [1.54, 1.807) is 7.05 Å². The topological polar surface area (TPSA) is 73.3 Å². The molecule has 0 aliphatic carbocycles. The Hall–Kier alpha value is -1.99. The van der Waals surface area contributed by atoms with Crippen molar-refractivity contribution in [2.45, 2.75) is 25.8 Å². The summed E-state index contributed by atoms with van der Waals surface area (Å²) in [5, 5.41) is 6.62. The van der Waals surface area contributed by atoms with E-state index >= 15 is 0 Å². The van der Waals surface area contributed by atoms with Crippen LogP contribution in [0.2, 0.25) is 0 Å². The van der Waals surface area contributed by atoms with Crippen LogP contribution in [-0.4, -0.2) is 52.8 Å². The van der Waals surface area contributed by atoms with Gasteiger partial charge >= 0.3 is 0 Å². The van der Waals surface area contributed by atoms with E-state index in [0.717, 1.165) is 75.3 Å². The lowest BCUT2D eigenvalue weighted by molar-refractivity contribution is 0.0203. The lowest BCUT2D eigenvalue weighted by Gasteiger charge is -2.21. The maximum atomic E-state index is 5.78. The smallest absolute Gasteiger partial charge is 0.231 e. The van der Waals surface area contributed by atoms with Gasteiger partial charge < -0.3 is 29.6 Å². The normalized spacial score (nSPS) is 17.3. The summed E-state index contributed by atoms with van der Waals surface area (Å²) in [7, 11) is 1.77. The van der Waals surface area contributed by atoms with Gasteiger partial charge in [0.2, 0.25) is 6.79 Å². The number of benzene rings is 1. The largest absolute Gasteiger partial charge is 0.454 e. The van der Waals surface area contributed by atoms with E-state index in [2.05, 4.69) is 15.6 Å². The Balaban J connectivity index is 1.27. The molecule has 7 heteroatoms. The zero-order valence-electron chi connectivity index (χ0n) is 15.5. The fraction of sp³-hybridized carbons (Fsp3) is 0.632. The van der Waals surface area contributed by atoms with Gasteiger partial charge in [-0.3, -0.25) is 4.99 Å². The molecule has 1 saturated heterocycles. The van der Waals surface area contributed by atoms with Gasteiger partial charge in [0.15, 0.2) is 17.5 Å². The van der Waals surface area contributed by atoms with Crippen LogP contribution in [0.4, 0.5) is 0 Å². The van der Waals surface area contributed by atoms with Gasteiger partial charge in [0.25, 0.3) is 0 Å². The predicted octanol–water partition coefficient (Wildman–Crippen LogP) is 1.91. The highest BCUT2D eigenvalue weighted by Crippen LogP contribution is 2.32. The molecule has 1 fully saturated rings. The van der Waals surface area contributed by atoms with E-state index in [9.17, 15) is 0 Å². The number of fused-ring (bicyclic) bond motifs is 1. The quantitative estimate of drug-likeness (QED) is 0.418. The molecule has 1 aromatic rings. The molecule has 0 saturated carbocycles. The Kier molecular flexibility index (Phi) is 7.39. The van der Waals surface area contributed by atoms with Gasteiger partial charge in [0.05, 0.1) is 0 Å². The molecule has 0 aromatic heterocycles. The van der Waals surface area contributed by atoms with Crippen LogP contribution in [0.5, 0.6) is 11.5 Å². The minimum absolute atomic E-state index is 0.298. The molecule has 0 radical (unpaired) electrons. The first-order valence-corrected chi connectivity index (χ1v) is 9.33. The van der Waals surface area contributed by atoms with Gasteiger partial charge in [-0.1, -0.05) is 6.07 Å². The highest BCUT2D eigenvalue weighted by atomic mass is 16.7. The Labute approximate surface area is 155 Å². The molecule has 0 unspecified atom stereocenters. The standard InChI is InChI=1S/C19H29N3O4/c1-20-19(21-7-2-8-24-13-15-5-9-23-10-6-15)22-12-16-3-4-17-18(11-16)26-14-25-17/h3-4,11,15H,2,5-10,12-14H2,1H3,(H2,20,21,22). The fourth-order valence-corrected chi connectivity index (χ4v) is 3.00. The third-order valence-corrected chi connectivity index (χ3v) is 4.57. The van der Waals surface area contributed by atoms with Crippen LogP contribution in [0.25, 0.3) is 0 Å². The Bertz CT molecular complexity index is 588. The summed E-state index contributed by atoms with van der Waals surface area (Å²) in [4.78, 5) is 4.25. The van der Waals surface area contributed by atoms with Gasteiger partial charge in [0, 0.05) is 46.6 Å². The number of rotatable bonds is 8. The van der Waals surface area contributed by atoms with Gasteiger partial charge in [-0.25, -0.2) is 0 Å². The average Bonchev–Trinajstić information content (AvgIpc) is 3.15. The average molecular weight is 363 g/mol. The molecule has 1 aromatic carbocycles. The van der Waals surface area contributed by atoms with Crippen molar-refractivity contribution in [2.75, 3.05) is 46.8 Å². The van der Waals surface area contributed by atoms with Gasteiger partial charge in [0.1, 0.15) is 0 Å². The number of nitrogens with one attached hydrogen (secondary N) is 2. The van der Waals surface area contributed by atoms with Crippen LogP contribution >= 0.6 is 0 Å². The van der Waals surface area contributed by atoms with Crippen LogP contribution in [-0.2, 0) is 16.0 Å². The van der Waals surface area contributed by atoms with Crippen molar-refractivity contribution in [2.24, 2.45) is 10.9 Å². The lowest BCUT2D eigenvalue weighted by Crippen LogP contribution is -2.37. The second-order valence-corrected chi connectivity index (χ2v) is 6.52. The molecular weight excluding hydrogens is 334 g/mol. The van der Waals surface area contributed by atoms with Crippen LogP contribution in [0.1, 0.15) is 24.8 Å². The molecule has 0 spiro atoms. The monoisotopic (exact) mass is 363 g/mol. The molecule has 2 N–H and O–H groups in total. The molecule has 2 aliphatic heterocycles. The number of ether oxygens (including phenoxy) is 4. The summed E-state index contributed by atoms with van der Waals surface area (Å²) < 4.78 is 21.9.